The fourth-order valence-corrected chi connectivity index (χ4v) is 4.02. The molecule has 0 spiro atoms. The summed E-state index contributed by atoms with van der Waals surface area (Å²) in [6.45, 7) is 3.97. The number of nitrogens with zero attached hydrogens (tertiary/aromatic N) is 4. The summed E-state index contributed by atoms with van der Waals surface area (Å²) in [5.74, 6) is 3.92. The van der Waals surface area contributed by atoms with E-state index in [1.165, 1.54) is 25.7 Å². The number of rotatable bonds is 6. The summed E-state index contributed by atoms with van der Waals surface area (Å²) >= 11 is 6.02. The Morgan fingerprint density at radius 1 is 1.24 bits per heavy atom. The van der Waals surface area contributed by atoms with Crippen molar-refractivity contribution in [3.63, 3.8) is 0 Å². The average molecular weight is 310 g/mol. The Kier molecular flexibility index (Phi) is 4.48. The molecule has 2 bridgehead atoms. The molecule has 21 heavy (non-hydrogen) atoms. The molecule has 2 fully saturated rings. The number of hydrogen-bond donors (Lipinski definition) is 1. The van der Waals surface area contributed by atoms with Crippen molar-refractivity contribution >= 4 is 23.5 Å². The van der Waals surface area contributed by atoms with Gasteiger partial charge in [0.1, 0.15) is 0 Å². The number of nitrogens with one attached hydrogen (secondary N) is 1. The second-order valence-corrected chi connectivity index (χ2v) is 6.81. The summed E-state index contributed by atoms with van der Waals surface area (Å²) in [6, 6.07) is 0. The summed E-state index contributed by atoms with van der Waals surface area (Å²) < 4.78 is 0. The van der Waals surface area contributed by atoms with Crippen LogP contribution >= 0.6 is 11.6 Å². The SMILES string of the molecule is CCCNc1nc(Cl)nc(N(C)CC2CC3CCC2C3)n1. The van der Waals surface area contributed by atoms with E-state index in [1.54, 1.807) is 0 Å². The first-order valence-electron chi connectivity index (χ1n) is 8.02. The van der Waals surface area contributed by atoms with Gasteiger partial charge in [-0.2, -0.15) is 15.0 Å². The summed E-state index contributed by atoms with van der Waals surface area (Å²) in [7, 11) is 2.06. The van der Waals surface area contributed by atoms with E-state index in [2.05, 4.69) is 39.1 Å². The van der Waals surface area contributed by atoms with Crippen LogP contribution in [0.15, 0.2) is 0 Å². The molecule has 2 aliphatic carbocycles. The second kappa shape index (κ2) is 6.34. The van der Waals surface area contributed by atoms with Crippen molar-refractivity contribution in [1.82, 2.24) is 15.0 Å². The van der Waals surface area contributed by atoms with E-state index in [4.69, 9.17) is 11.6 Å². The predicted octanol–water partition coefficient (Wildman–Crippen LogP) is 3.22. The first kappa shape index (κ1) is 14.8. The van der Waals surface area contributed by atoms with Crippen molar-refractivity contribution in [3.05, 3.63) is 5.28 Å². The van der Waals surface area contributed by atoms with Gasteiger partial charge in [0.2, 0.25) is 17.2 Å². The van der Waals surface area contributed by atoms with Gasteiger partial charge in [0.05, 0.1) is 0 Å². The molecular weight excluding hydrogens is 286 g/mol. The lowest BCUT2D eigenvalue weighted by molar-refractivity contribution is 0.336. The molecule has 0 saturated heterocycles. The van der Waals surface area contributed by atoms with Gasteiger partial charge < -0.3 is 10.2 Å². The van der Waals surface area contributed by atoms with Crippen molar-refractivity contribution < 1.29 is 0 Å². The molecule has 2 saturated carbocycles. The predicted molar refractivity (Wildman–Crippen MR) is 85.8 cm³/mol. The van der Waals surface area contributed by atoms with Crippen LogP contribution in [0.5, 0.6) is 0 Å². The fourth-order valence-electron chi connectivity index (χ4n) is 3.86. The highest BCUT2D eigenvalue weighted by Gasteiger charge is 2.39. The molecule has 1 N–H and O–H groups in total. The van der Waals surface area contributed by atoms with Gasteiger partial charge in [-0.1, -0.05) is 13.3 Å². The molecule has 0 aromatic carbocycles. The van der Waals surface area contributed by atoms with Crippen molar-refractivity contribution in [2.75, 3.05) is 30.4 Å². The zero-order valence-electron chi connectivity index (χ0n) is 12.8. The summed E-state index contributed by atoms with van der Waals surface area (Å²) in [5.41, 5.74) is 0. The van der Waals surface area contributed by atoms with E-state index in [1.807, 2.05) is 0 Å². The third-order valence-electron chi connectivity index (χ3n) is 4.86. The van der Waals surface area contributed by atoms with Crippen LogP contribution in [-0.4, -0.2) is 35.1 Å². The first-order chi connectivity index (χ1) is 10.2. The van der Waals surface area contributed by atoms with Gasteiger partial charge >= 0.3 is 0 Å². The minimum atomic E-state index is 0.262. The molecule has 0 radical (unpaired) electrons. The van der Waals surface area contributed by atoms with Crippen LogP contribution in [0.3, 0.4) is 0 Å². The lowest BCUT2D eigenvalue weighted by atomic mass is 9.88. The summed E-state index contributed by atoms with van der Waals surface area (Å²) in [4.78, 5) is 15.0. The fraction of sp³-hybridized carbons (Fsp3) is 0.800. The third-order valence-corrected chi connectivity index (χ3v) is 5.03. The quantitative estimate of drug-likeness (QED) is 0.874. The summed E-state index contributed by atoms with van der Waals surface area (Å²) in [6.07, 6.45) is 6.67. The molecule has 3 atom stereocenters. The smallest absolute Gasteiger partial charge is 0.231 e. The molecule has 0 aliphatic heterocycles. The minimum absolute atomic E-state index is 0.262. The highest BCUT2D eigenvalue weighted by molar-refractivity contribution is 6.28. The van der Waals surface area contributed by atoms with Gasteiger partial charge in [0, 0.05) is 20.1 Å². The Morgan fingerprint density at radius 3 is 2.76 bits per heavy atom. The Bertz CT molecular complexity index is 495. The Hall–Kier alpha value is -1.10. The molecule has 1 aromatic rings. The normalized spacial score (nSPS) is 27.1. The zero-order valence-corrected chi connectivity index (χ0v) is 13.6. The molecular formula is C15H24ClN5. The van der Waals surface area contributed by atoms with E-state index < -0.39 is 0 Å². The number of hydrogen-bond acceptors (Lipinski definition) is 5. The van der Waals surface area contributed by atoms with Gasteiger partial charge in [-0.15, -0.1) is 0 Å². The molecule has 2 aliphatic rings. The van der Waals surface area contributed by atoms with Gasteiger partial charge in [0.15, 0.2) is 0 Å². The monoisotopic (exact) mass is 309 g/mol. The van der Waals surface area contributed by atoms with Crippen molar-refractivity contribution in [3.8, 4) is 0 Å². The number of fused-ring (bicyclic) bond motifs is 2. The molecule has 3 rings (SSSR count). The van der Waals surface area contributed by atoms with Crippen LogP contribution in [0.25, 0.3) is 0 Å². The van der Waals surface area contributed by atoms with Crippen LogP contribution in [0, 0.1) is 17.8 Å². The highest BCUT2D eigenvalue weighted by Crippen LogP contribution is 2.48. The molecule has 1 heterocycles. The maximum Gasteiger partial charge on any atom is 0.231 e. The molecule has 0 amide bonds. The Morgan fingerprint density at radius 2 is 2.10 bits per heavy atom. The van der Waals surface area contributed by atoms with E-state index in [9.17, 15) is 0 Å². The largest absolute Gasteiger partial charge is 0.354 e. The van der Waals surface area contributed by atoms with Crippen molar-refractivity contribution in [2.24, 2.45) is 17.8 Å². The van der Waals surface area contributed by atoms with Gasteiger partial charge in [-0.05, 0) is 55.0 Å². The molecule has 6 heteroatoms. The second-order valence-electron chi connectivity index (χ2n) is 6.47. The Balaban J connectivity index is 1.66. The minimum Gasteiger partial charge on any atom is -0.354 e. The molecule has 116 valence electrons. The molecule has 5 nitrogen and oxygen atoms in total. The number of anilines is 2. The maximum absolute atomic E-state index is 6.02. The van der Waals surface area contributed by atoms with E-state index in [0.717, 1.165) is 37.3 Å². The topological polar surface area (TPSA) is 53.9 Å². The summed E-state index contributed by atoms with van der Waals surface area (Å²) in [5, 5.41) is 3.44. The number of aromatic nitrogens is 3. The van der Waals surface area contributed by atoms with E-state index in [0.29, 0.717) is 11.9 Å². The van der Waals surface area contributed by atoms with Crippen molar-refractivity contribution in [2.45, 2.75) is 39.0 Å². The first-order valence-corrected chi connectivity index (χ1v) is 8.40. The average Bonchev–Trinajstić information content (AvgIpc) is 3.07. The van der Waals surface area contributed by atoms with Gasteiger partial charge in [-0.3, -0.25) is 0 Å². The highest BCUT2D eigenvalue weighted by atomic mass is 35.5. The van der Waals surface area contributed by atoms with E-state index in [-0.39, 0.29) is 5.28 Å². The van der Waals surface area contributed by atoms with Gasteiger partial charge in [0.25, 0.3) is 0 Å². The van der Waals surface area contributed by atoms with Crippen LogP contribution in [-0.2, 0) is 0 Å². The van der Waals surface area contributed by atoms with Crippen LogP contribution in [0.2, 0.25) is 5.28 Å². The third kappa shape index (κ3) is 3.39. The molecule has 3 unspecified atom stereocenters. The lowest BCUT2D eigenvalue weighted by Crippen LogP contribution is -2.30. The zero-order chi connectivity index (χ0) is 14.8. The molecule has 1 aromatic heterocycles. The van der Waals surface area contributed by atoms with E-state index >= 15 is 0 Å². The lowest BCUT2D eigenvalue weighted by Gasteiger charge is -2.27. The van der Waals surface area contributed by atoms with Gasteiger partial charge in [-0.25, -0.2) is 0 Å². The maximum atomic E-state index is 6.02. The van der Waals surface area contributed by atoms with Crippen LogP contribution in [0.4, 0.5) is 11.9 Å². The Labute approximate surface area is 131 Å². The van der Waals surface area contributed by atoms with Crippen LogP contribution in [0.1, 0.15) is 39.0 Å². The number of halogens is 1. The van der Waals surface area contributed by atoms with Crippen LogP contribution < -0.4 is 10.2 Å². The standard InChI is InChI=1S/C15H24ClN5/c1-3-6-17-14-18-13(16)19-15(20-14)21(2)9-12-8-10-4-5-11(12)7-10/h10-12H,3-9H2,1-2H3,(H,17,18,19,20). The van der Waals surface area contributed by atoms with Crippen molar-refractivity contribution in [1.29, 1.82) is 0 Å².